The molecule has 1 aromatic carbocycles. The first kappa shape index (κ1) is 13.1. The van der Waals surface area contributed by atoms with Gasteiger partial charge in [0.25, 0.3) is 0 Å². The fourth-order valence-electron chi connectivity index (χ4n) is 2.23. The van der Waals surface area contributed by atoms with Gasteiger partial charge in [-0.25, -0.2) is 8.42 Å². The number of hydrogen-bond donors (Lipinski definition) is 1. The molecule has 1 fully saturated rings. The van der Waals surface area contributed by atoms with E-state index in [2.05, 4.69) is 11.4 Å². The summed E-state index contributed by atoms with van der Waals surface area (Å²) in [5, 5.41) is 12.1. The first-order valence-electron chi connectivity index (χ1n) is 6.00. The van der Waals surface area contributed by atoms with Crippen molar-refractivity contribution in [3.63, 3.8) is 0 Å². The van der Waals surface area contributed by atoms with E-state index in [1.165, 1.54) is 0 Å². The molecule has 2 unspecified atom stereocenters. The molecule has 0 amide bonds. The summed E-state index contributed by atoms with van der Waals surface area (Å²) >= 11 is 0. The van der Waals surface area contributed by atoms with Crippen molar-refractivity contribution in [2.75, 3.05) is 11.5 Å². The molecular weight excluding hydrogens is 248 g/mol. The average Bonchev–Trinajstić information content (AvgIpc) is 2.37. The van der Waals surface area contributed by atoms with Gasteiger partial charge in [0.15, 0.2) is 9.84 Å². The molecule has 0 spiro atoms. The molecular formula is C13H16N2O2S. The molecule has 96 valence electrons. The van der Waals surface area contributed by atoms with Crippen molar-refractivity contribution >= 4 is 9.84 Å². The van der Waals surface area contributed by atoms with Crippen LogP contribution >= 0.6 is 0 Å². The third-order valence-electron chi connectivity index (χ3n) is 3.25. The van der Waals surface area contributed by atoms with E-state index in [1.807, 2.05) is 19.1 Å². The maximum Gasteiger partial charge on any atom is 0.153 e. The van der Waals surface area contributed by atoms with Crippen LogP contribution in [0.25, 0.3) is 0 Å². The van der Waals surface area contributed by atoms with Crippen molar-refractivity contribution in [1.82, 2.24) is 5.32 Å². The highest BCUT2D eigenvalue weighted by Gasteiger charge is 2.30. The second-order valence-electron chi connectivity index (χ2n) is 4.64. The van der Waals surface area contributed by atoms with Gasteiger partial charge in [-0.15, -0.1) is 0 Å². The molecule has 0 radical (unpaired) electrons. The van der Waals surface area contributed by atoms with Gasteiger partial charge in [-0.1, -0.05) is 19.1 Å². The molecule has 18 heavy (non-hydrogen) atoms. The van der Waals surface area contributed by atoms with Gasteiger partial charge in [-0.2, -0.15) is 5.26 Å². The maximum atomic E-state index is 11.8. The monoisotopic (exact) mass is 264 g/mol. The first-order chi connectivity index (χ1) is 8.54. The Bertz CT molecular complexity index is 558. The minimum Gasteiger partial charge on any atom is -0.305 e. The van der Waals surface area contributed by atoms with Crippen molar-refractivity contribution in [3.05, 3.63) is 35.4 Å². The van der Waals surface area contributed by atoms with Gasteiger partial charge in [-0.3, -0.25) is 0 Å². The van der Waals surface area contributed by atoms with E-state index in [9.17, 15) is 8.42 Å². The highest BCUT2D eigenvalue weighted by atomic mass is 32.2. The average molecular weight is 264 g/mol. The van der Waals surface area contributed by atoms with Gasteiger partial charge in [-0.05, 0) is 24.1 Å². The van der Waals surface area contributed by atoms with Crippen LogP contribution in [0, 0.1) is 11.3 Å². The summed E-state index contributed by atoms with van der Waals surface area (Å²) in [7, 11) is -2.98. The third kappa shape index (κ3) is 2.89. The zero-order valence-electron chi connectivity index (χ0n) is 10.3. The first-order valence-corrected chi connectivity index (χ1v) is 7.82. The van der Waals surface area contributed by atoms with Crippen LogP contribution in [0.15, 0.2) is 24.3 Å². The van der Waals surface area contributed by atoms with E-state index in [1.54, 1.807) is 12.1 Å². The van der Waals surface area contributed by atoms with E-state index >= 15 is 0 Å². The molecule has 1 aliphatic rings. The maximum absolute atomic E-state index is 11.8. The number of benzene rings is 1. The minimum atomic E-state index is -2.98. The Labute approximate surface area is 108 Å². The second kappa shape index (κ2) is 5.09. The van der Waals surface area contributed by atoms with Crippen LogP contribution in [0.4, 0.5) is 0 Å². The molecule has 0 aliphatic carbocycles. The number of nitrogens with zero attached hydrogens (tertiary/aromatic N) is 1. The zero-order valence-corrected chi connectivity index (χ0v) is 11.1. The van der Waals surface area contributed by atoms with Crippen LogP contribution in [-0.4, -0.2) is 26.0 Å². The van der Waals surface area contributed by atoms with Crippen LogP contribution in [0.3, 0.4) is 0 Å². The Morgan fingerprint density at radius 2 is 2.00 bits per heavy atom. The van der Waals surface area contributed by atoms with Crippen molar-refractivity contribution in [2.24, 2.45) is 0 Å². The summed E-state index contributed by atoms with van der Waals surface area (Å²) < 4.78 is 23.7. The Hall–Kier alpha value is -1.38. The van der Waals surface area contributed by atoms with Crippen LogP contribution in [0.2, 0.25) is 0 Å². The summed E-state index contributed by atoms with van der Waals surface area (Å²) in [6.07, 6.45) is 0.798. The number of hydrogen-bond acceptors (Lipinski definition) is 4. The van der Waals surface area contributed by atoms with Crippen molar-refractivity contribution in [3.8, 4) is 6.07 Å². The topological polar surface area (TPSA) is 70.0 Å². The van der Waals surface area contributed by atoms with E-state index in [0.717, 1.165) is 12.0 Å². The zero-order chi connectivity index (χ0) is 13.2. The fourth-order valence-corrected chi connectivity index (χ4v) is 4.10. The Morgan fingerprint density at radius 3 is 2.56 bits per heavy atom. The predicted octanol–water partition coefficient (Wildman–Crippen LogP) is 1.40. The molecule has 1 aromatic rings. The van der Waals surface area contributed by atoms with Crippen LogP contribution in [-0.2, 0) is 9.84 Å². The molecule has 2 rings (SSSR count). The van der Waals surface area contributed by atoms with Gasteiger partial charge in [0.2, 0.25) is 0 Å². The summed E-state index contributed by atoms with van der Waals surface area (Å²) in [5.74, 6) is 0.353. The lowest BCUT2D eigenvalue weighted by Gasteiger charge is -2.30. The molecule has 5 heteroatoms. The van der Waals surface area contributed by atoms with Crippen molar-refractivity contribution < 1.29 is 8.42 Å². The molecule has 2 atom stereocenters. The lowest BCUT2D eigenvalue weighted by atomic mass is 10.0. The largest absolute Gasteiger partial charge is 0.305 e. The number of nitriles is 1. The lowest BCUT2D eigenvalue weighted by molar-refractivity contribution is 0.440. The summed E-state index contributed by atoms with van der Waals surface area (Å²) in [6, 6.07) is 9.00. The SMILES string of the molecule is CCC1CS(=O)(=O)CC(c2ccc(C#N)cc2)N1. The summed E-state index contributed by atoms with van der Waals surface area (Å²) in [4.78, 5) is 0. The van der Waals surface area contributed by atoms with E-state index < -0.39 is 9.84 Å². The molecule has 1 saturated heterocycles. The van der Waals surface area contributed by atoms with Gasteiger partial charge < -0.3 is 5.32 Å². The molecule has 4 nitrogen and oxygen atoms in total. The second-order valence-corrected chi connectivity index (χ2v) is 6.79. The molecule has 1 N–H and O–H groups in total. The molecule has 0 aromatic heterocycles. The number of sulfone groups is 1. The third-order valence-corrected chi connectivity index (χ3v) is 5.00. The summed E-state index contributed by atoms with van der Waals surface area (Å²) in [6.45, 7) is 1.98. The van der Waals surface area contributed by atoms with Gasteiger partial charge in [0.05, 0.1) is 23.1 Å². The van der Waals surface area contributed by atoms with E-state index in [4.69, 9.17) is 5.26 Å². The molecule has 1 aliphatic heterocycles. The lowest BCUT2D eigenvalue weighted by Crippen LogP contribution is -2.46. The van der Waals surface area contributed by atoms with Crippen LogP contribution in [0.1, 0.15) is 30.5 Å². The van der Waals surface area contributed by atoms with Crippen molar-refractivity contribution in [2.45, 2.75) is 25.4 Å². The highest BCUT2D eigenvalue weighted by Crippen LogP contribution is 2.22. The van der Waals surface area contributed by atoms with Gasteiger partial charge in [0, 0.05) is 12.1 Å². The van der Waals surface area contributed by atoms with E-state index in [-0.39, 0.29) is 23.6 Å². The quantitative estimate of drug-likeness (QED) is 0.876. The number of rotatable bonds is 2. The smallest absolute Gasteiger partial charge is 0.153 e. The molecule has 0 saturated carbocycles. The normalized spacial score (nSPS) is 26.4. The fraction of sp³-hybridized carbons (Fsp3) is 0.462. The Kier molecular flexibility index (Phi) is 3.69. The Morgan fingerprint density at radius 1 is 1.33 bits per heavy atom. The van der Waals surface area contributed by atoms with Gasteiger partial charge in [0.1, 0.15) is 0 Å². The van der Waals surface area contributed by atoms with Gasteiger partial charge >= 0.3 is 0 Å². The van der Waals surface area contributed by atoms with Crippen LogP contribution in [0.5, 0.6) is 0 Å². The number of nitrogens with one attached hydrogen (secondary N) is 1. The van der Waals surface area contributed by atoms with Crippen LogP contribution < -0.4 is 5.32 Å². The van der Waals surface area contributed by atoms with Crippen molar-refractivity contribution in [1.29, 1.82) is 5.26 Å². The predicted molar refractivity (Wildman–Crippen MR) is 69.8 cm³/mol. The minimum absolute atomic E-state index is 0.0180. The Balaban J connectivity index is 2.24. The highest BCUT2D eigenvalue weighted by molar-refractivity contribution is 7.91. The van der Waals surface area contributed by atoms with E-state index in [0.29, 0.717) is 5.56 Å². The molecule has 0 bridgehead atoms. The summed E-state index contributed by atoms with van der Waals surface area (Å²) in [5.41, 5.74) is 1.51. The standard InChI is InChI=1S/C13H16N2O2S/c1-2-12-8-18(16,17)9-13(15-12)11-5-3-10(7-14)4-6-11/h3-6,12-13,15H,2,8-9H2,1H3. The molecule has 1 heterocycles.